The molecule has 1 amide bonds. The number of nitrogens with zero attached hydrogens (tertiary/aromatic N) is 5. The van der Waals surface area contributed by atoms with Gasteiger partial charge in [0.15, 0.2) is 0 Å². The van der Waals surface area contributed by atoms with Gasteiger partial charge in [-0.25, -0.2) is 4.39 Å². The van der Waals surface area contributed by atoms with Crippen molar-refractivity contribution in [3.05, 3.63) is 60.2 Å². The predicted octanol–water partition coefficient (Wildman–Crippen LogP) is 3.65. The first-order chi connectivity index (χ1) is 14.9. The average molecular weight is 431 g/mol. The summed E-state index contributed by atoms with van der Waals surface area (Å²) in [7, 11) is 0. The highest BCUT2D eigenvalue weighted by Gasteiger charge is 2.51. The third-order valence-corrected chi connectivity index (χ3v) is 5.11. The number of carbonyl (C=O) groups excluding carboxylic acids is 1. The van der Waals surface area contributed by atoms with Gasteiger partial charge in [-0.2, -0.15) is 8.78 Å². The number of rotatable bonds is 7. The number of aromatic nitrogens is 3. The molecule has 1 aliphatic rings. The van der Waals surface area contributed by atoms with Crippen LogP contribution >= 0.6 is 0 Å². The second-order valence-corrected chi connectivity index (χ2v) is 7.28. The summed E-state index contributed by atoms with van der Waals surface area (Å²) in [5, 5.41) is 6.87. The van der Waals surface area contributed by atoms with Crippen molar-refractivity contribution < 1.29 is 22.4 Å². The van der Waals surface area contributed by atoms with Crippen molar-refractivity contribution in [1.82, 2.24) is 20.1 Å². The summed E-state index contributed by atoms with van der Waals surface area (Å²) >= 11 is 0. The van der Waals surface area contributed by atoms with Crippen LogP contribution in [0.1, 0.15) is 24.9 Å². The van der Waals surface area contributed by atoms with Gasteiger partial charge in [-0.3, -0.25) is 14.7 Å². The fourth-order valence-corrected chi connectivity index (χ4v) is 3.40. The quantitative estimate of drug-likeness (QED) is 0.569. The van der Waals surface area contributed by atoms with Gasteiger partial charge in [-0.1, -0.05) is 25.1 Å². The van der Waals surface area contributed by atoms with Gasteiger partial charge in [0.25, 0.3) is 11.8 Å². The monoisotopic (exact) mass is 431 g/mol. The second-order valence-electron chi connectivity index (χ2n) is 7.28. The fraction of sp³-hybridized carbons (Fsp3) is 0.333. The number of pyridine rings is 1. The van der Waals surface area contributed by atoms with Crippen molar-refractivity contribution in [2.45, 2.75) is 25.6 Å². The predicted molar refractivity (Wildman–Crippen MR) is 106 cm³/mol. The van der Waals surface area contributed by atoms with Gasteiger partial charge < -0.3 is 9.32 Å². The normalized spacial score (nSPS) is 15.6. The van der Waals surface area contributed by atoms with E-state index in [4.69, 9.17) is 4.42 Å². The van der Waals surface area contributed by atoms with Crippen LogP contribution in [0.3, 0.4) is 0 Å². The highest BCUT2D eigenvalue weighted by molar-refractivity contribution is 6.00. The number of halogens is 3. The third-order valence-electron chi connectivity index (χ3n) is 5.11. The van der Waals surface area contributed by atoms with Crippen LogP contribution in [0.5, 0.6) is 0 Å². The molecule has 1 saturated heterocycles. The van der Waals surface area contributed by atoms with Crippen molar-refractivity contribution in [3.8, 4) is 11.5 Å². The molecule has 7 nitrogen and oxygen atoms in total. The first-order valence-electron chi connectivity index (χ1n) is 9.75. The highest BCUT2D eigenvalue weighted by atomic mass is 19.3. The molecule has 1 fully saturated rings. The standard InChI is InChI=1S/C21H20F3N5O2/c1-2-28-12-21(24,13-28)20(30)29(16-6-4-3-5-7-16)11-15-9-8-14(10-25-15)18-26-27-19(31-18)17(22)23/h3-10,17H,2,11-13H2,1H3. The number of likely N-dealkylation sites (tertiary alicyclic amines) is 1. The van der Waals surface area contributed by atoms with Gasteiger partial charge in [-0.15, -0.1) is 10.2 Å². The minimum atomic E-state index is -2.86. The average Bonchev–Trinajstić information content (AvgIpc) is 3.26. The maximum atomic E-state index is 15.2. The Balaban J connectivity index is 1.55. The smallest absolute Gasteiger partial charge is 0.314 e. The molecule has 1 aliphatic heterocycles. The largest absolute Gasteiger partial charge is 0.415 e. The summed E-state index contributed by atoms with van der Waals surface area (Å²) in [6.07, 6.45) is -1.47. The van der Waals surface area contributed by atoms with Crippen LogP contribution in [0.2, 0.25) is 0 Å². The Hall–Kier alpha value is -3.27. The first kappa shape index (κ1) is 21.0. The van der Waals surface area contributed by atoms with Crippen LogP contribution in [-0.4, -0.2) is 51.3 Å². The number of hydrogen-bond donors (Lipinski definition) is 0. The van der Waals surface area contributed by atoms with E-state index < -0.39 is 23.9 Å². The fourth-order valence-electron chi connectivity index (χ4n) is 3.40. The van der Waals surface area contributed by atoms with E-state index in [0.29, 0.717) is 23.5 Å². The molecule has 31 heavy (non-hydrogen) atoms. The molecule has 0 radical (unpaired) electrons. The lowest BCUT2D eigenvalue weighted by Crippen LogP contribution is -2.66. The van der Waals surface area contributed by atoms with Crippen LogP contribution in [0.4, 0.5) is 18.9 Å². The number of benzene rings is 1. The molecular formula is C21H20F3N5O2. The number of para-hydroxylation sites is 1. The molecule has 0 unspecified atom stereocenters. The number of hydrogen-bond acceptors (Lipinski definition) is 6. The Morgan fingerprint density at radius 1 is 1.19 bits per heavy atom. The summed E-state index contributed by atoms with van der Waals surface area (Å²) in [4.78, 5) is 20.6. The Morgan fingerprint density at radius 3 is 2.52 bits per heavy atom. The SMILES string of the molecule is CCN1CC(F)(C(=O)N(Cc2ccc(-c3nnc(C(F)F)o3)cn2)c2ccccc2)C1. The van der Waals surface area contributed by atoms with E-state index in [2.05, 4.69) is 15.2 Å². The van der Waals surface area contributed by atoms with Gasteiger partial charge in [0.05, 0.1) is 17.8 Å². The molecule has 0 spiro atoms. The third kappa shape index (κ3) is 4.29. The Morgan fingerprint density at radius 2 is 1.94 bits per heavy atom. The van der Waals surface area contributed by atoms with Crippen LogP contribution < -0.4 is 4.90 Å². The Labute approximate surface area is 176 Å². The number of amides is 1. The van der Waals surface area contributed by atoms with Gasteiger partial charge >= 0.3 is 6.43 Å². The molecule has 0 N–H and O–H groups in total. The van der Waals surface area contributed by atoms with Crippen molar-refractivity contribution >= 4 is 11.6 Å². The maximum absolute atomic E-state index is 15.2. The van der Waals surface area contributed by atoms with E-state index in [-0.39, 0.29) is 25.5 Å². The molecule has 10 heteroatoms. The highest BCUT2D eigenvalue weighted by Crippen LogP contribution is 2.31. The molecule has 0 atom stereocenters. The van der Waals surface area contributed by atoms with E-state index in [1.807, 2.05) is 17.9 Å². The van der Waals surface area contributed by atoms with Crippen LogP contribution in [0.25, 0.3) is 11.5 Å². The zero-order chi connectivity index (χ0) is 22.0. The van der Waals surface area contributed by atoms with Crippen molar-refractivity contribution in [1.29, 1.82) is 0 Å². The summed E-state index contributed by atoms with van der Waals surface area (Å²) in [5.74, 6) is -1.47. The van der Waals surface area contributed by atoms with Gasteiger partial charge in [0.1, 0.15) is 0 Å². The van der Waals surface area contributed by atoms with E-state index in [0.717, 1.165) is 0 Å². The molecule has 3 heterocycles. The second kappa shape index (κ2) is 8.46. The lowest BCUT2D eigenvalue weighted by molar-refractivity contribution is -0.142. The molecule has 3 aromatic rings. The van der Waals surface area contributed by atoms with Crippen LogP contribution in [-0.2, 0) is 11.3 Å². The number of carbonyl (C=O) groups is 1. The number of alkyl halides is 3. The zero-order valence-corrected chi connectivity index (χ0v) is 16.7. The summed E-state index contributed by atoms with van der Waals surface area (Å²) in [6, 6.07) is 12.0. The lowest BCUT2D eigenvalue weighted by Gasteiger charge is -2.44. The molecule has 162 valence electrons. The first-order valence-corrected chi connectivity index (χ1v) is 9.75. The Kier molecular flexibility index (Phi) is 5.73. The minimum Gasteiger partial charge on any atom is -0.415 e. The topological polar surface area (TPSA) is 75.4 Å². The van der Waals surface area contributed by atoms with Gasteiger partial charge in [0, 0.05) is 25.0 Å². The van der Waals surface area contributed by atoms with Crippen LogP contribution in [0.15, 0.2) is 53.1 Å². The molecule has 4 rings (SSSR count). The Bertz CT molecular complexity index is 1040. The van der Waals surface area contributed by atoms with E-state index >= 15 is 4.39 Å². The zero-order valence-electron chi connectivity index (χ0n) is 16.7. The van der Waals surface area contributed by atoms with E-state index in [1.54, 1.807) is 36.4 Å². The molecular weight excluding hydrogens is 411 g/mol. The molecule has 1 aromatic carbocycles. The lowest BCUT2D eigenvalue weighted by atomic mass is 9.94. The van der Waals surface area contributed by atoms with Crippen molar-refractivity contribution in [2.24, 2.45) is 0 Å². The summed E-state index contributed by atoms with van der Waals surface area (Å²) in [6.45, 7) is 2.75. The van der Waals surface area contributed by atoms with Gasteiger partial charge in [0.2, 0.25) is 11.6 Å². The summed E-state index contributed by atoms with van der Waals surface area (Å²) in [5.41, 5.74) is -0.532. The minimum absolute atomic E-state index is 0.0486. The van der Waals surface area contributed by atoms with Crippen molar-refractivity contribution in [2.75, 3.05) is 24.5 Å². The maximum Gasteiger partial charge on any atom is 0.314 e. The van der Waals surface area contributed by atoms with Crippen molar-refractivity contribution in [3.63, 3.8) is 0 Å². The van der Waals surface area contributed by atoms with E-state index in [9.17, 15) is 13.6 Å². The van der Waals surface area contributed by atoms with Crippen LogP contribution in [0, 0.1) is 0 Å². The van der Waals surface area contributed by atoms with E-state index in [1.165, 1.54) is 11.1 Å². The summed E-state index contributed by atoms with van der Waals surface area (Å²) < 4.78 is 45.4. The number of anilines is 1. The molecule has 0 aliphatic carbocycles. The molecule has 0 bridgehead atoms. The van der Waals surface area contributed by atoms with Gasteiger partial charge in [-0.05, 0) is 30.8 Å². The molecule has 2 aromatic heterocycles. The molecule has 0 saturated carbocycles.